The van der Waals surface area contributed by atoms with Crippen molar-refractivity contribution < 1.29 is 9.15 Å². The van der Waals surface area contributed by atoms with E-state index >= 15 is 0 Å². The maximum atomic E-state index is 5.81. The van der Waals surface area contributed by atoms with Crippen molar-refractivity contribution in [3.05, 3.63) is 51.9 Å². The minimum absolute atomic E-state index is 0.251. The zero-order valence-electron chi connectivity index (χ0n) is 11.5. The van der Waals surface area contributed by atoms with Crippen molar-refractivity contribution in [3.63, 3.8) is 0 Å². The third kappa shape index (κ3) is 2.76. The second-order valence-electron chi connectivity index (χ2n) is 5.02. The van der Waals surface area contributed by atoms with Crippen molar-refractivity contribution in [1.82, 2.24) is 5.32 Å². The topological polar surface area (TPSA) is 34.4 Å². The first-order chi connectivity index (χ1) is 9.78. The maximum Gasteiger partial charge on any atom is 0.125 e. The molecule has 1 unspecified atom stereocenters. The van der Waals surface area contributed by atoms with Crippen LogP contribution in [-0.4, -0.2) is 13.2 Å². The number of ether oxygens (including phenoxy) is 1. The Kier molecular flexibility index (Phi) is 4.13. The van der Waals surface area contributed by atoms with Gasteiger partial charge in [-0.2, -0.15) is 0 Å². The number of rotatable bonds is 5. The number of halogens is 1. The molecule has 1 aliphatic heterocycles. The van der Waals surface area contributed by atoms with E-state index in [0.29, 0.717) is 0 Å². The lowest BCUT2D eigenvalue weighted by Gasteiger charge is -2.18. The number of hydrogen-bond acceptors (Lipinski definition) is 3. The van der Waals surface area contributed by atoms with Gasteiger partial charge in [-0.25, -0.2) is 0 Å². The third-order valence-electron chi connectivity index (χ3n) is 3.65. The van der Waals surface area contributed by atoms with Crippen molar-refractivity contribution in [2.75, 3.05) is 13.2 Å². The van der Waals surface area contributed by atoms with Crippen LogP contribution in [-0.2, 0) is 12.8 Å². The quantitative estimate of drug-likeness (QED) is 0.900. The Bertz CT molecular complexity index is 580. The van der Waals surface area contributed by atoms with Gasteiger partial charge in [0, 0.05) is 22.5 Å². The summed E-state index contributed by atoms with van der Waals surface area (Å²) in [7, 11) is 0. The van der Waals surface area contributed by atoms with Gasteiger partial charge in [0.25, 0.3) is 0 Å². The largest absolute Gasteiger partial charge is 0.493 e. The fraction of sp³-hybridized carbons (Fsp3) is 0.375. The van der Waals surface area contributed by atoms with Crippen LogP contribution in [0.4, 0.5) is 0 Å². The number of benzene rings is 1. The highest BCUT2D eigenvalue weighted by Gasteiger charge is 2.21. The van der Waals surface area contributed by atoms with Crippen molar-refractivity contribution in [1.29, 1.82) is 0 Å². The molecular weight excluding hydrogens is 318 g/mol. The highest BCUT2D eigenvalue weighted by atomic mass is 79.9. The molecule has 1 aromatic heterocycles. The van der Waals surface area contributed by atoms with Crippen LogP contribution < -0.4 is 10.1 Å². The Balaban J connectivity index is 1.89. The van der Waals surface area contributed by atoms with Crippen LogP contribution >= 0.6 is 15.9 Å². The summed E-state index contributed by atoms with van der Waals surface area (Å²) in [6, 6.07) is 6.59. The standard InChI is InChI=1S/C16H18BrNO2/c1-2-18-15(12-3-5-19-10-12)9-13-8-14(17)7-11-4-6-20-16(11)13/h3,5,7-8,10,15,18H,2,4,6,9H2,1H3. The first-order valence-corrected chi connectivity index (χ1v) is 7.76. The predicted octanol–water partition coefficient (Wildman–Crippen LogP) is 3.87. The Morgan fingerprint density at radius 3 is 3.05 bits per heavy atom. The summed E-state index contributed by atoms with van der Waals surface area (Å²) in [4.78, 5) is 0. The van der Waals surface area contributed by atoms with E-state index < -0.39 is 0 Å². The molecule has 0 aliphatic carbocycles. The molecule has 20 heavy (non-hydrogen) atoms. The Hall–Kier alpha value is -1.26. The van der Waals surface area contributed by atoms with Crippen LogP contribution in [0.25, 0.3) is 0 Å². The lowest BCUT2D eigenvalue weighted by atomic mass is 9.98. The van der Waals surface area contributed by atoms with Crippen LogP contribution in [0.5, 0.6) is 5.75 Å². The number of fused-ring (bicyclic) bond motifs is 1. The van der Waals surface area contributed by atoms with Crippen LogP contribution in [0.2, 0.25) is 0 Å². The van der Waals surface area contributed by atoms with Crippen molar-refractivity contribution in [2.24, 2.45) is 0 Å². The minimum Gasteiger partial charge on any atom is -0.493 e. The number of nitrogens with one attached hydrogen (secondary N) is 1. The molecule has 2 heterocycles. The molecule has 2 aromatic rings. The molecule has 0 saturated heterocycles. The first kappa shape index (κ1) is 13.7. The molecule has 1 aromatic carbocycles. The van der Waals surface area contributed by atoms with E-state index in [4.69, 9.17) is 9.15 Å². The summed E-state index contributed by atoms with van der Waals surface area (Å²) in [6.45, 7) is 3.83. The monoisotopic (exact) mass is 335 g/mol. The van der Waals surface area contributed by atoms with Crippen molar-refractivity contribution in [2.45, 2.75) is 25.8 Å². The Labute approximate surface area is 127 Å². The van der Waals surface area contributed by atoms with Gasteiger partial charge in [0.15, 0.2) is 0 Å². The normalized spacial score (nSPS) is 14.9. The summed E-state index contributed by atoms with van der Waals surface area (Å²) in [5.74, 6) is 1.07. The van der Waals surface area contributed by atoms with Gasteiger partial charge in [0.05, 0.1) is 19.1 Å². The van der Waals surface area contributed by atoms with Gasteiger partial charge in [-0.05, 0) is 42.3 Å². The molecule has 106 valence electrons. The van der Waals surface area contributed by atoms with Gasteiger partial charge in [-0.1, -0.05) is 22.9 Å². The molecule has 0 saturated carbocycles. The van der Waals surface area contributed by atoms with E-state index in [9.17, 15) is 0 Å². The smallest absolute Gasteiger partial charge is 0.125 e. The van der Waals surface area contributed by atoms with E-state index in [1.54, 1.807) is 6.26 Å². The molecule has 0 radical (unpaired) electrons. The van der Waals surface area contributed by atoms with Crippen LogP contribution in [0.3, 0.4) is 0 Å². The fourth-order valence-corrected chi connectivity index (χ4v) is 3.30. The fourth-order valence-electron chi connectivity index (χ4n) is 2.75. The lowest BCUT2D eigenvalue weighted by Crippen LogP contribution is -2.22. The summed E-state index contributed by atoms with van der Waals surface area (Å²) < 4.78 is 12.1. The summed E-state index contributed by atoms with van der Waals surface area (Å²) in [6.07, 6.45) is 5.43. The molecule has 3 rings (SSSR count). The van der Waals surface area contributed by atoms with Gasteiger partial charge in [0.1, 0.15) is 5.75 Å². The van der Waals surface area contributed by atoms with Gasteiger partial charge in [-0.3, -0.25) is 0 Å². The molecule has 1 atom stereocenters. The third-order valence-corrected chi connectivity index (χ3v) is 4.10. The number of furan rings is 1. The molecule has 0 amide bonds. The van der Waals surface area contributed by atoms with E-state index in [-0.39, 0.29) is 6.04 Å². The van der Waals surface area contributed by atoms with E-state index in [2.05, 4.69) is 40.3 Å². The number of likely N-dealkylation sites (N-methyl/N-ethyl adjacent to an activating group) is 1. The molecule has 4 heteroatoms. The molecule has 0 fully saturated rings. The van der Waals surface area contributed by atoms with Crippen LogP contribution in [0.1, 0.15) is 29.7 Å². The predicted molar refractivity (Wildman–Crippen MR) is 82.2 cm³/mol. The van der Waals surface area contributed by atoms with Crippen LogP contribution in [0, 0.1) is 0 Å². The van der Waals surface area contributed by atoms with Gasteiger partial charge in [-0.15, -0.1) is 0 Å². The SMILES string of the molecule is CCNC(Cc1cc(Br)cc2c1OCC2)c1ccoc1. The number of hydrogen-bond donors (Lipinski definition) is 1. The average Bonchev–Trinajstić information content (AvgIpc) is 3.08. The van der Waals surface area contributed by atoms with Gasteiger partial charge in [0.2, 0.25) is 0 Å². The first-order valence-electron chi connectivity index (χ1n) is 6.97. The molecule has 1 aliphatic rings. The summed E-state index contributed by atoms with van der Waals surface area (Å²) in [5, 5.41) is 3.51. The van der Waals surface area contributed by atoms with Gasteiger partial charge < -0.3 is 14.5 Å². The maximum absolute atomic E-state index is 5.81. The second kappa shape index (κ2) is 6.02. The van der Waals surface area contributed by atoms with E-state index in [1.165, 1.54) is 16.7 Å². The highest BCUT2D eigenvalue weighted by Crippen LogP contribution is 2.35. The molecule has 0 bridgehead atoms. The van der Waals surface area contributed by atoms with E-state index in [1.807, 2.05) is 12.3 Å². The molecule has 1 N–H and O–H groups in total. The highest BCUT2D eigenvalue weighted by molar-refractivity contribution is 9.10. The van der Waals surface area contributed by atoms with Gasteiger partial charge >= 0.3 is 0 Å². The summed E-state index contributed by atoms with van der Waals surface area (Å²) >= 11 is 3.60. The molecular formula is C16H18BrNO2. The second-order valence-corrected chi connectivity index (χ2v) is 5.94. The van der Waals surface area contributed by atoms with E-state index in [0.717, 1.165) is 36.2 Å². The minimum atomic E-state index is 0.251. The van der Waals surface area contributed by atoms with Crippen LogP contribution in [0.15, 0.2) is 39.6 Å². The molecule has 0 spiro atoms. The molecule has 3 nitrogen and oxygen atoms in total. The Morgan fingerprint density at radius 1 is 1.40 bits per heavy atom. The lowest BCUT2D eigenvalue weighted by molar-refractivity contribution is 0.351. The van der Waals surface area contributed by atoms with Crippen molar-refractivity contribution in [3.8, 4) is 5.75 Å². The van der Waals surface area contributed by atoms with Crippen molar-refractivity contribution >= 4 is 15.9 Å². The average molecular weight is 336 g/mol. The zero-order chi connectivity index (χ0) is 13.9. The Morgan fingerprint density at radius 2 is 2.30 bits per heavy atom. The zero-order valence-corrected chi connectivity index (χ0v) is 13.1. The summed E-state index contributed by atoms with van der Waals surface area (Å²) in [5.41, 5.74) is 3.73.